The van der Waals surface area contributed by atoms with Crippen LogP contribution in [0.4, 0.5) is 0 Å². The first-order chi connectivity index (χ1) is 5.13. The number of rotatable bonds is 1. The van der Waals surface area contributed by atoms with Crippen molar-refractivity contribution in [2.75, 3.05) is 0 Å². The van der Waals surface area contributed by atoms with Crippen LogP contribution >= 0.6 is 38.5 Å². The lowest BCUT2D eigenvalue weighted by atomic mass is 10.1. The topological polar surface area (TPSA) is 25.8 Å². The van der Waals surface area contributed by atoms with Gasteiger partial charge in [-0.25, -0.2) is 9.97 Å². The van der Waals surface area contributed by atoms with E-state index in [2.05, 4.69) is 62.3 Å². The molecule has 0 saturated carbocycles. The summed E-state index contributed by atoms with van der Waals surface area (Å²) in [6.07, 6.45) is 1.58. The third-order valence-electron chi connectivity index (χ3n) is 1.32. The third kappa shape index (κ3) is 2.11. The van der Waals surface area contributed by atoms with E-state index in [1.54, 1.807) is 6.33 Å². The summed E-state index contributed by atoms with van der Waals surface area (Å²) in [5.41, 5.74) is 1.10. The van der Waals surface area contributed by atoms with Gasteiger partial charge in [-0.15, -0.1) is 0 Å². The summed E-state index contributed by atoms with van der Waals surface area (Å²) >= 11 is 5.60. The minimum Gasteiger partial charge on any atom is -0.240 e. The molecule has 0 N–H and O–H groups in total. The molecular weight excluding hydrogens is 319 g/mol. The number of hydrogen-bond donors (Lipinski definition) is 0. The summed E-state index contributed by atoms with van der Waals surface area (Å²) in [5, 5.41) is 0. The van der Waals surface area contributed by atoms with E-state index in [9.17, 15) is 0 Å². The van der Waals surface area contributed by atoms with E-state index < -0.39 is 0 Å². The second-order valence-corrected chi connectivity index (χ2v) is 4.35. The molecule has 60 valence electrons. The molecule has 0 bridgehead atoms. The van der Waals surface area contributed by atoms with Gasteiger partial charge >= 0.3 is 0 Å². The van der Waals surface area contributed by atoms with Gasteiger partial charge < -0.3 is 0 Å². The van der Waals surface area contributed by atoms with Crippen LogP contribution in [0.15, 0.2) is 10.9 Å². The average Bonchev–Trinajstić information content (AvgIpc) is 1.94. The lowest BCUT2D eigenvalue weighted by Crippen LogP contribution is -1.98. The van der Waals surface area contributed by atoms with Crippen LogP contribution in [0.25, 0.3) is 0 Å². The molecule has 1 aromatic heterocycles. The van der Waals surface area contributed by atoms with E-state index in [0.717, 1.165) is 13.9 Å². The quantitative estimate of drug-likeness (QED) is 0.585. The van der Waals surface area contributed by atoms with Gasteiger partial charge in [0.25, 0.3) is 0 Å². The Labute approximate surface area is 88.1 Å². The van der Waals surface area contributed by atoms with Gasteiger partial charge in [0.1, 0.15) is 10.9 Å². The van der Waals surface area contributed by atoms with Crippen molar-refractivity contribution in [2.24, 2.45) is 0 Å². The second-order valence-electron chi connectivity index (χ2n) is 2.52. The van der Waals surface area contributed by atoms with Crippen molar-refractivity contribution in [3.8, 4) is 0 Å². The highest BCUT2D eigenvalue weighted by molar-refractivity contribution is 14.1. The summed E-state index contributed by atoms with van der Waals surface area (Å²) in [6, 6.07) is 0. The molecule has 0 fully saturated rings. The number of aromatic nitrogens is 2. The molecule has 0 radical (unpaired) electrons. The predicted octanol–water partition coefficient (Wildman–Crippen LogP) is 2.97. The van der Waals surface area contributed by atoms with E-state index in [-0.39, 0.29) is 0 Å². The van der Waals surface area contributed by atoms with Crippen LogP contribution in [0.3, 0.4) is 0 Å². The van der Waals surface area contributed by atoms with Crippen molar-refractivity contribution >= 4 is 38.5 Å². The van der Waals surface area contributed by atoms with E-state index in [1.807, 2.05) is 0 Å². The van der Waals surface area contributed by atoms with Crippen LogP contribution in [0.1, 0.15) is 25.5 Å². The zero-order valence-corrected chi connectivity index (χ0v) is 10.0. The molecule has 11 heavy (non-hydrogen) atoms. The number of hydrogen-bond acceptors (Lipinski definition) is 2. The Balaban J connectivity index is 3.17. The van der Waals surface area contributed by atoms with Crippen LogP contribution < -0.4 is 0 Å². The lowest BCUT2D eigenvalue weighted by Gasteiger charge is -2.06. The molecule has 0 aliphatic heterocycles. The van der Waals surface area contributed by atoms with Crippen LogP contribution in [-0.2, 0) is 0 Å². The fraction of sp³-hybridized carbons (Fsp3) is 0.429. The summed E-state index contributed by atoms with van der Waals surface area (Å²) in [5.74, 6) is 0.459. The van der Waals surface area contributed by atoms with Gasteiger partial charge in [0.15, 0.2) is 0 Å². The molecule has 0 atom stereocenters. The van der Waals surface area contributed by atoms with Crippen molar-refractivity contribution in [3.05, 3.63) is 20.2 Å². The molecule has 2 nitrogen and oxygen atoms in total. The molecule has 0 aliphatic rings. The van der Waals surface area contributed by atoms with Crippen LogP contribution in [0.5, 0.6) is 0 Å². The highest BCUT2D eigenvalue weighted by Crippen LogP contribution is 2.23. The van der Waals surface area contributed by atoms with Crippen molar-refractivity contribution in [2.45, 2.75) is 19.8 Å². The van der Waals surface area contributed by atoms with Gasteiger partial charge in [-0.2, -0.15) is 0 Å². The third-order valence-corrected chi connectivity index (χ3v) is 3.73. The van der Waals surface area contributed by atoms with Gasteiger partial charge in [-0.1, -0.05) is 13.8 Å². The highest BCUT2D eigenvalue weighted by Gasteiger charge is 2.08. The van der Waals surface area contributed by atoms with Gasteiger partial charge in [-0.3, -0.25) is 0 Å². The first kappa shape index (κ1) is 9.38. The van der Waals surface area contributed by atoms with E-state index >= 15 is 0 Å². The SMILES string of the molecule is CC(C)c1ncnc(Br)c1I. The Morgan fingerprint density at radius 3 is 2.55 bits per heavy atom. The van der Waals surface area contributed by atoms with Crippen LogP contribution in [-0.4, -0.2) is 9.97 Å². The predicted molar refractivity (Wildman–Crippen MR) is 56.5 cm³/mol. The monoisotopic (exact) mass is 326 g/mol. The van der Waals surface area contributed by atoms with Crippen LogP contribution in [0.2, 0.25) is 0 Å². The number of nitrogens with zero attached hydrogens (tertiary/aromatic N) is 2. The van der Waals surface area contributed by atoms with Crippen molar-refractivity contribution in [1.29, 1.82) is 0 Å². The summed E-state index contributed by atoms with van der Waals surface area (Å²) in [4.78, 5) is 8.21. The first-order valence-corrected chi connectivity index (χ1v) is 5.16. The van der Waals surface area contributed by atoms with E-state index in [1.165, 1.54) is 0 Å². The van der Waals surface area contributed by atoms with Crippen molar-refractivity contribution in [1.82, 2.24) is 9.97 Å². The Kier molecular flexibility index (Phi) is 3.24. The lowest BCUT2D eigenvalue weighted by molar-refractivity contribution is 0.801. The number of halogens is 2. The first-order valence-electron chi connectivity index (χ1n) is 3.28. The molecule has 0 aliphatic carbocycles. The van der Waals surface area contributed by atoms with Gasteiger partial charge in [0.05, 0.1) is 9.26 Å². The maximum absolute atomic E-state index is 4.19. The minimum atomic E-state index is 0.459. The van der Waals surface area contributed by atoms with Gasteiger partial charge in [0, 0.05) is 0 Å². The summed E-state index contributed by atoms with van der Waals surface area (Å²) in [7, 11) is 0. The standard InChI is InChI=1S/C7H8BrIN2/c1-4(2)6-5(9)7(8)11-3-10-6/h3-4H,1-2H3. The smallest absolute Gasteiger partial charge is 0.123 e. The fourth-order valence-corrected chi connectivity index (χ4v) is 1.96. The maximum Gasteiger partial charge on any atom is 0.123 e. The molecule has 0 saturated heterocycles. The van der Waals surface area contributed by atoms with E-state index in [4.69, 9.17) is 0 Å². The fourth-order valence-electron chi connectivity index (χ4n) is 0.763. The zero-order chi connectivity index (χ0) is 8.43. The molecule has 1 rings (SSSR count). The van der Waals surface area contributed by atoms with Crippen molar-refractivity contribution in [3.63, 3.8) is 0 Å². The van der Waals surface area contributed by atoms with Gasteiger partial charge in [0.2, 0.25) is 0 Å². The normalized spacial score (nSPS) is 10.6. The minimum absolute atomic E-state index is 0.459. The molecule has 4 heteroatoms. The molecule has 0 unspecified atom stereocenters. The van der Waals surface area contributed by atoms with E-state index in [0.29, 0.717) is 5.92 Å². The molecule has 1 aromatic rings. The second kappa shape index (κ2) is 3.80. The molecule has 0 aromatic carbocycles. The zero-order valence-electron chi connectivity index (χ0n) is 6.31. The average molecular weight is 327 g/mol. The molecule has 0 amide bonds. The maximum atomic E-state index is 4.19. The Bertz CT molecular complexity index is 263. The molecule has 1 heterocycles. The molecule has 0 spiro atoms. The largest absolute Gasteiger partial charge is 0.240 e. The van der Waals surface area contributed by atoms with Gasteiger partial charge in [-0.05, 0) is 44.4 Å². The summed E-state index contributed by atoms with van der Waals surface area (Å²) < 4.78 is 2.00. The Morgan fingerprint density at radius 1 is 1.45 bits per heavy atom. The highest BCUT2D eigenvalue weighted by atomic mass is 127. The summed E-state index contributed by atoms with van der Waals surface area (Å²) in [6.45, 7) is 4.24. The van der Waals surface area contributed by atoms with Crippen molar-refractivity contribution < 1.29 is 0 Å². The Morgan fingerprint density at radius 2 is 2.09 bits per heavy atom. The Hall–Kier alpha value is 0.290. The molecular formula is C7H8BrIN2. The van der Waals surface area contributed by atoms with Crippen LogP contribution in [0, 0.1) is 3.57 Å².